The predicted molar refractivity (Wildman–Crippen MR) is 60.4 cm³/mol. The van der Waals surface area contributed by atoms with Crippen LogP contribution in [0.25, 0.3) is 0 Å². The third-order valence-corrected chi connectivity index (χ3v) is 3.25. The summed E-state index contributed by atoms with van der Waals surface area (Å²) in [5, 5.41) is 0.782. The molecule has 1 atom stereocenters. The van der Waals surface area contributed by atoms with Crippen molar-refractivity contribution in [2.24, 2.45) is 5.73 Å². The summed E-state index contributed by atoms with van der Waals surface area (Å²) >= 11 is 7.55. The van der Waals surface area contributed by atoms with Crippen molar-refractivity contribution in [2.75, 3.05) is 5.75 Å². The van der Waals surface area contributed by atoms with Crippen molar-refractivity contribution >= 4 is 23.4 Å². The van der Waals surface area contributed by atoms with Crippen molar-refractivity contribution in [3.8, 4) is 0 Å². The fourth-order valence-electron chi connectivity index (χ4n) is 0.852. The smallest absolute Gasteiger partial charge is 0.0406 e. The van der Waals surface area contributed by atoms with E-state index in [9.17, 15) is 0 Å². The second-order valence-corrected chi connectivity index (χ2v) is 4.46. The summed E-state index contributed by atoms with van der Waals surface area (Å²) in [4.78, 5) is 1.23. The minimum atomic E-state index is 0.292. The van der Waals surface area contributed by atoms with E-state index in [1.165, 1.54) is 4.90 Å². The molecule has 1 aromatic rings. The lowest BCUT2D eigenvalue weighted by molar-refractivity contribution is 0.725. The number of hydrogen-bond acceptors (Lipinski definition) is 2. The summed E-state index contributed by atoms with van der Waals surface area (Å²) in [5.74, 6) is 0.970. The standard InChI is InChI=1S/C10H14ClNS/c1-2-9(12)7-13-10-5-3-8(11)4-6-10/h3-6,9H,2,7,12H2,1H3/t9-/m1/s1. The molecule has 1 aromatic carbocycles. The largest absolute Gasteiger partial charge is 0.327 e. The number of thioether (sulfide) groups is 1. The third-order valence-electron chi connectivity index (χ3n) is 1.80. The van der Waals surface area contributed by atoms with Crippen molar-refractivity contribution in [3.05, 3.63) is 29.3 Å². The Bertz CT molecular complexity index is 248. The second-order valence-electron chi connectivity index (χ2n) is 2.93. The normalized spacial score (nSPS) is 12.8. The number of benzene rings is 1. The van der Waals surface area contributed by atoms with Gasteiger partial charge in [0, 0.05) is 21.7 Å². The lowest BCUT2D eigenvalue weighted by Gasteiger charge is -2.07. The Balaban J connectivity index is 2.41. The van der Waals surface area contributed by atoms with Crippen LogP contribution in [-0.4, -0.2) is 11.8 Å². The quantitative estimate of drug-likeness (QED) is 0.781. The van der Waals surface area contributed by atoms with Gasteiger partial charge in [0.1, 0.15) is 0 Å². The van der Waals surface area contributed by atoms with Crippen LogP contribution in [0.2, 0.25) is 5.02 Å². The van der Waals surface area contributed by atoms with Crippen LogP contribution >= 0.6 is 23.4 Å². The highest BCUT2D eigenvalue weighted by Crippen LogP contribution is 2.20. The maximum Gasteiger partial charge on any atom is 0.0406 e. The van der Waals surface area contributed by atoms with E-state index in [2.05, 4.69) is 6.92 Å². The molecule has 13 heavy (non-hydrogen) atoms. The zero-order valence-corrected chi connectivity index (χ0v) is 9.24. The Hall–Kier alpha value is -0.180. The Morgan fingerprint density at radius 2 is 2.00 bits per heavy atom. The Morgan fingerprint density at radius 3 is 2.54 bits per heavy atom. The molecule has 0 spiro atoms. The second kappa shape index (κ2) is 5.53. The van der Waals surface area contributed by atoms with Crippen molar-refractivity contribution in [1.29, 1.82) is 0 Å². The van der Waals surface area contributed by atoms with Gasteiger partial charge in [0.2, 0.25) is 0 Å². The highest BCUT2D eigenvalue weighted by Gasteiger charge is 2.00. The van der Waals surface area contributed by atoms with Crippen LogP contribution in [-0.2, 0) is 0 Å². The van der Waals surface area contributed by atoms with E-state index in [1.807, 2.05) is 24.3 Å². The van der Waals surface area contributed by atoms with E-state index in [1.54, 1.807) is 11.8 Å². The molecule has 0 aliphatic carbocycles. The summed E-state index contributed by atoms with van der Waals surface area (Å²) in [6.45, 7) is 2.10. The number of halogens is 1. The van der Waals surface area contributed by atoms with Crippen LogP contribution in [0.5, 0.6) is 0 Å². The maximum absolute atomic E-state index is 5.80. The van der Waals surface area contributed by atoms with E-state index in [0.717, 1.165) is 17.2 Å². The van der Waals surface area contributed by atoms with Gasteiger partial charge in [-0.25, -0.2) is 0 Å². The number of rotatable bonds is 4. The number of nitrogens with two attached hydrogens (primary N) is 1. The van der Waals surface area contributed by atoms with Crippen molar-refractivity contribution in [1.82, 2.24) is 0 Å². The van der Waals surface area contributed by atoms with Gasteiger partial charge in [-0.15, -0.1) is 11.8 Å². The van der Waals surface area contributed by atoms with Gasteiger partial charge in [-0.05, 0) is 30.7 Å². The first-order chi connectivity index (χ1) is 6.22. The van der Waals surface area contributed by atoms with Crippen LogP contribution in [0.3, 0.4) is 0 Å². The average molecular weight is 216 g/mol. The summed E-state index contributed by atoms with van der Waals surface area (Å²) in [7, 11) is 0. The summed E-state index contributed by atoms with van der Waals surface area (Å²) < 4.78 is 0. The first-order valence-corrected chi connectivity index (χ1v) is 5.72. The SMILES string of the molecule is CC[C@@H](N)CSc1ccc(Cl)cc1. The van der Waals surface area contributed by atoms with Crippen molar-refractivity contribution in [2.45, 2.75) is 24.3 Å². The molecular weight excluding hydrogens is 202 g/mol. The number of hydrogen-bond donors (Lipinski definition) is 1. The molecule has 2 N–H and O–H groups in total. The highest BCUT2D eigenvalue weighted by atomic mass is 35.5. The van der Waals surface area contributed by atoms with Gasteiger partial charge in [0.05, 0.1) is 0 Å². The van der Waals surface area contributed by atoms with Gasteiger partial charge in [0.15, 0.2) is 0 Å². The molecule has 0 heterocycles. The zero-order chi connectivity index (χ0) is 9.68. The van der Waals surface area contributed by atoms with Crippen LogP contribution in [0.1, 0.15) is 13.3 Å². The van der Waals surface area contributed by atoms with E-state index in [-0.39, 0.29) is 0 Å². The third kappa shape index (κ3) is 4.03. The van der Waals surface area contributed by atoms with Crippen LogP contribution in [0, 0.1) is 0 Å². The molecule has 0 saturated heterocycles. The van der Waals surface area contributed by atoms with Gasteiger partial charge in [0.25, 0.3) is 0 Å². The van der Waals surface area contributed by atoms with Gasteiger partial charge in [-0.2, -0.15) is 0 Å². The highest BCUT2D eigenvalue weighted by molar-refractivity contribution is 7.99. The summed E-state index contributed by atoms with van der Waals surface area (Å²) in [6.07, 6.45) is 1.03. The molecule has 0 unspecified atom stereocenters. The van der Waals surface area contributed by atoms with Crippen molar-refractivity contribution < 1.29 is 0 Å². The molecule has 0 aliphatic rings. The summed E-state index contributed by atoms with van der Waals surface area (Å²) in [6, 6.07) is 8.15. The molecular formula is C10H14ClNS. The van der Waals surface area contributed by atoms with Crippen LogP contribution < -0.4 is 5.73 Å². The van der Waals surface area contributed by atoms with Gasteiger partial charge in [-0.1, -0.05) is 18.5 Å². The Morgan fingerprint density at radius 1 is 1.38 bits per heavy atom. The molecule has 0 saturated carbocycles. The first kappa shape index (κ1) is 10.9. The molecule has 72 valence electrons. The van der Waals surface area contributed by atoms with E-state index >= 15 is 0 Å². The minimum absolute atomic E-state index is 0.292. The molecule has 0 fully saturated rings. The van der Waals surface area contributed by atoms with Gasteiger partial charge >= 0.3 is 0 Å². The van der Waals surface area contributed by atoms with Gasteiger partial charge < -0.3 is 5.73 Å². The fourth-order valence-corrected chi connectivity index (χ4v) is 1.95. The van der Waals surface area contributed by atoms with Gasteiger partial charge in [-0.3, -0.25) is 0 Å². The molecule has 3 heteroatoms. The van der Waals surface area contributed by atoms with Crippen molar-refractivity contribution in [3.63, 3.8) is 0 Å². The lowest BCUT2D eigenvalue weighted by Crippen LogP contribution is -2.21. The lowest BCUT2D eigenvalue weighted by atomic mass is 10.3. The minimum Gasteiger partial charge on any atom is -0.327 e. The molecule has 1 rings (SSSR count). The van der Waals surface area contributed by atoms with E-state index in [0.29, 0.717) is 6.04 Å². The predicted octanol–water partition coefficient (Wildman–Crippen LogP) is 3.17. The molecule has 0 aliphatic heterocycles. The van der Waals surface area contributed by atoms with Crippen LogP contribution in [0.4, 0.5) is 0 Å². The summed E-state index contributed by atoms with van der Waals surface area (Å²) in [5.41, 5.74) is 5.80. The molecule has 0 bridgehead atoms. The maximum atomic E-state index is 5.80. The Labute approximate surface area is 88.7 Å². The first-order valence-electron chi connectivity index (χ1n) is 4.36. The van der Waals surface area contributed by atoms with E-state index in [4.69, 9.17) is 17.3 Å². The molecule has 0 radical (unpaired) electrons. The molecule has 0 amide bonds. The topological polar surface area (TPSA) is 26.0 Å². The monoisotopic (exact) mass is 215 g/mol. The van der Waals surface area contributed by atoms with E-state index < -0.39 is 0 Å². The molecule has 1 nitrogen and oxygen atoms in total. The average Bonchev–Trinajstić information content (AvgIpc) is 2.16. The molecule has 0 aromatic heterocycles. The van der Waals surface area contributed by atoms with Crippen LogP contribution in [0.15, 0.2) is 29.2 Å². The zero-order valence-electron chi connectivity index (χ0n) is 7.66. The Kier molecular flexibility index (Phi) is 4.64. The fraction of sp³-hybridized carbons (Fsp3) is 0.400.